The van der Waals surface area contributed by atoms with E-state index in [-0.39, 0.29) is 10.5 Å². The molecule has 1 aliphatic rings. The molecule has 0 aliphatic heterocycles. The number of carbonyl (C=O) groups is 3. The minimum atomic E-state index is -1.15. The zero-order valence-corrected chi connectivity index (χ0v) is 10.5. The molecule has 7 heteroatoms. The van der Waals surface area contributed by atoms with Gasteiger partial charge in [0, 0.05) is 12.0 Å². The molecule has 0 saturated carbocycles. The number of benzene rings is 1. The molecule has 0 spiro atoms. The van der Waals surface area contributed by atoms with E-state index < -0.39 is 30.4 Å². The van der Waals surface area contributed by atoms with Crippen molar-refractivity contribution in [3.8, 4) is 0 Å². The highest BCUT2D eigenvalue weighted by molar-refractivity contribution is 6.06. The fourth-order valence-electron chi connectivity index (χ4n) is 2.12. The molecule has 2 unspecified atom stereocenters. The second-order valence-electron chi connectivity index (χ2n) is 4.49. The van der Waals surface area contributed by atoms with Crippen molar-refractivity contribution in [2.45, 2.75) is 24.9 Å². The van der Waals surface area contributed by atoms with Crippen molar-refractivity contribution in [1.29, 1.82) is 0 Å². The van der Waals surface area contributed by atoms with E-state index in [2.05, 4.69) is 5.32 Å². The lowest BCUT2D eigenvalue weighted by Crippen LogP contribution is -2.48. The van der Waals surface area contributed by atoms with Crippen LogP contribution in [0.25, 0.3) is 0 Å². The van der Waals surface area contributed by atoms with Crippen LogP contribution < -0.4 is 11.1 Å². The summed E-state index contributed by atoms with van der Waals surface area (Å²) in [7, 11) is 0. The molecule has 20 heavy (non-hydrogen) atoms. The molecule has 1 aromatic rings. The van der Waals surface area contributed by atoms with Gasteiger partial charge in [-0.3, -0.25) is 19.1 Å². The molecular formula is C13H15FN2O4. The van der Waals surface area contributed by atoms with Gasteiger partial charge in [-0.15, -0.1) is 0 Å². The summed E-state index contributed by atoms with van der Waals surface area (Å²) in [6, 6.07) is 5.33. The molecule has 0 heterocycles. The Bertz CT molecular complexity index is 547. The standard InChI is InChI=1S/C13H14N2O4.FH/c14-9(6-11(16)17)13(19)15-10-5-7-3-1-2-4-8(7)12(10)18;/h1-4,9-10H,5-6,14H2,(H,15,19)(H,16,17);1H. The van der Waals surface area contributed by atoms with E-state index in [1.54, 1.807) is 12.1 Å². The number of hydrogen-bond donors (Lipinski definition) is 3. The van der Waals surface area contributed by atoms with Crippen LogP contribution in [0.1, 0.15) is 22.3 Å². The average Bonchev–Trinajstić information content (AvgIpc) is 2.66. The van der Waals surface area contributed by atoms with E-state index in [0.717, 1.165) is 5.56 Å². The van der Waals surface area contributed by atoms with Crippen LogP contribution in [-0.4, -0.2) is 34.8 Å². The lowest BCUT2D eigenvalue weighted by atomic mass is 10.1. The molecule has 6 nitrogen and oxygen atoms in total. The van der Waals surface area contributed by atoms with Gasteiger partial charge < -0.3 is 16.2 Å². The molecule has 2 rings (SSSR count). The van der Waals surface area contributed by atoms with Crippen LogP contribution in [0.4, 0.5) is 4.70 Å². The zero-order valence-electron chi connectivity index (χ0n) is 10.5. The third-order valence-electron chi connectivity index (χ3n) is 3.07. The highest BCUT2D eigenvalue weighted by Gasteiger charge is 2.32. The number of carboxylic acids is 1. The zero-order chi connectivity index (χ0) is 14.0. The fraction of sp³-hybridized carbons (Fsp3) is 0.308. The number of aliphatic carboxylic acids is 1. The minimum absolute atomic E-state index is 0. The Hall–Kier alpha value is -2.28. The number of carbonyl (C=O) groups excluding carboxylic acids is 2. The number of carboxylic acid groups (broad SMARTS) is 1. The average molecular weight is 282 g/mol. The van der Waals surface area contributed by atoms with Gasteiger partial charge in [-0.05, 0) is 5.56 Å². The number of hydrogen-bond acceptors (Lipinski definition) is 4. The van der Waals surface area contributed by atoms with Gasteiger partial charge in [-0.2, -0.15) is 0 Å². The third kappa shape index (κ3) is 3.18. The summed E-state index contributed by atoms with van der Waals surface area (Å²) in [5, 5.41) is 11.1. The van der Waals surface area contributed by atoms with Crippen LogP contribution in [0, 0.1) is 0 Å². The van der Waals surface area contributed by atoms with E-state index in [1.807, 2.05) is 12.1 Å². The van der Waals surface area contributed by atoms with Gasteiger partial charge in [0.2, 0.25) is 5.91 Å². The van der Waals surface area contributed by atoms with Gasteiger partial charge in [0.15, 0.2) is 5.78 Å². The van der Waals surface area contributed by atoms with E-state index >= 15 is 0 Å². The van der Waals surface area contributed by atoms with Gasteiger partial charge in [-0.25, -0.2) is 0 Å². The molecular weight excluding hydrogens is 267 g/mol. The smallest absolute Gasteiger partial charge is 0.305 e. The first-order valence-corrected chi connectivity index (χ1v) is 5.89. The molecule has 0 fully saturated rings. The van der Waals surface area contributed by atoms with Crippen molar-refractivity contribution in [3.05, 3.63) is 35.4 Å². The van der Waals surface area contributed by atoms with Crippen LogP contribution in [0.15, 0.2) is 24.3 Å². The van der Waals surface area contributed by atoms with Crippen LogP contribution in [0.3, 0.4) is 0 Å². The monoisotopic (exact) mass is 282 g/mol. The van der Waals surface area contributed by atoms with Crippen LogP contribution >= 0.6 is 0 Å². The Labute approximate surface area is 114 Å². The van der Waals surface area contributed by atoms with Gasteiger partial charge in [0.25, 0.3) is 0 Å². The summed E-state index contributed by atoms with van der Waals surface area (Å²) in [5.74, 6) is -1.93. The summed E-state index contributed by atoms with van der Waals surface area (Å²) in [6.45, 7) is 0. The van der Waals surface area contributed by atoms with E-state index in [1.165, 1.54) is 0 Å². The molecule has 0 radical (unpaired) electrons. The first-order chi connectivity index (χ1) is 8.99. The van der Waals surface area contributed by atoms with Gasteiger partial charge >= 0.3 is 5.97 Å². The number of rotatable bonds is 4. The second kappa shape index (κ2) is 6.25. The normalized spacial score (nSPS) is 17.9. The molecule has 0 aromatic heterocycles. The lowest BCUT2D eigenvalue weighted by molar-refractivity contribution is -0.139. The van der Waals surface area contributed by atoms with Crippen molar-refractivity contribution in [1.82, 2.24) is 5.32 Å². The summed E-state index contributed by atoms with van der Waals surface area (Å²) >= 11 is 0. The van der Waals surface area contributed by atoms with Crippen molar-refractivity contribution in [2.75, 3.05) is 0 Å². The maximum atomic E-state index is 12.0. The number of nitrogens with two attached hydrogens (primary N) is 1. The van der Waals surface area contributed by atoms with Crippen LogP contribution in [0.2, 0.25) is 0 Å². The quantitative estimate of drug-likeness (QED) is 0.712. The highest BCUT2D eigenvalue weighted by atomic mass is 19.0. The molecule has 0 bridgehead atoms. The van der Waals surface area contributed by atoms with Crippen molar-refractivity contribution < 1.29 is 24.2 Å². The van der Waals surface area contributed by atoms with E-state index in [9.17, 15) is 14.4 Å². The SMILES string of the molecule is F.NC(CC(=O)O)C(=O)NC1Cc2ccccc2C1=O. The highest BCUT2D eigenvalue weighted by Crippen LogP contribution is 2.21. The Balaban J connectivity index is 0.00000200. The van der Waals surface area contributed by atoms with Gasteiger partial charge in [0.1, 0.15) is 0 Å². The maximum absolute atomic E-state index is 12.0. The van der Waals surface area contributed by atoms with Crippen molar-refractivity contribution in [3.63, 3.8) is 0 Å². The van der Waals surface area contributed by atoms with Crippen LogP contribution in [0.5, 0.6) is 0 Å². The molecule has 108 valence electrons. The number of Topliss-reactive ketones (excluding diaryl/α,β-unsaturated/α-hetero) is 1. The Morgan fingerprint density at radius 1 is 1.40 bits per heavy atom. The summed E-state index contributed by atoms with van der Waals surface area (Å²) in [6.07, 6.45) is -0.0414. The van der Waals surface area contributed by atoms with Crippen molar-refractivity contribution >= 4 is 17.7 Å². The number of nitrogens with one attached hydrogen (secondary N) is 1. The molecule has 1 aliphatic carbocycles. The maximum Gasteiger partial charge on any atom is 0.305 e. The molecule has 0 saturated heterocycles. The second-order valence-corrected chi connectivity index (χ2v) is 4.49. The Morgan fingerprint density at radius 2 is 2.05 bits per heavy atom. The van der Waals surface area contributed by atoms with E-state index in [0.29, 0.717) is 12.0 Å². The van der Waals surface area contributed by atoms with Crippen molar-refractivity contribution in [2.24, 2.45) is 5.73 Å². The third-order valence-corrected chi connectivity index (χ3v) is 3.07. The largest absolute Gasteiger partial charge is 0.481 e. The summed E-state index contributed by atoms with van der Waals surface area (Å²) in [5.41, 5.74) is 6.92. The van der Waals surface area contributed by atoms with Gasteiger partial charge in [-0.1, -0.05) is 24.3 Å². The first-order valence-electron chi connectivity index (χ1n) is 5.89. The molecule has 4 N–H and O–H groups in total. The lowest BCUT2D eigenvalue weighted by Gasteiger charge is -2.14. The summed E-state index contributed by atoms with van der Waals surface area (Å²) in [4.78, 5) is 34.2. The fourth-order valence-corrected chi connectivity index (χ4v) is 2.12. The number of amides is 1. The Morgan fingerprint density at radius 3 is 2.65 bits per heavy atom. The van der Waals surface area contributed by atoms with Gasteiger partial charge in [0.05, 0.1) is 18.5 Å². The summed E-state index contributed by atoms with van der Waals surface area (Å²) < 4.78 is 0. The number of ketones is 1. The molecule has 2 atom stereocenters. The molecule has 1 amide bonds. The topological polar surface area (TPSA) is 109 Å². The number of fused-ring (bicyclic) bond motifs is 1. The first kappa shape index (κ1) is 15.8. The predicted molar refractivity (Wildman–Crippen MR) is 69.1 cm³/mol. The molecule has 1 aromatic carbocycles. The Kier molecular flexibility index (Phi) is 4.93. The minimum Gasteiger partial charge on any atom is -0.481 e. The van der Waals surface area contributed by atoms with Crippen LogP contribution in [-0.2, 0) is 16.0 Å². The van der Waals surface area contributed by atoms with E-state index in [4.69, 9.17) is 10.8 Å². The predicted octanol–water partition coefficient (Wildman–Crippen LogP) is -0.135. The number of halogens is 1.